The zero-order chi connectivity index (χ0) is 24.2. The first kappa shape index (κ1) is 25.6. The summed E-state index contributed by atoms with van der Waals surface area (Å²) in [5.74, 6) is -3.05. The summed E-state index contributed by atoms with van der Waals surface area (Å²) in [7, 11) is 0. The normalized spacial score (nSPS) is 39.1. The molecule has 9 atom stereocenters. The standard InChI is InChI=1S/C21H28O12/c22-8-12-16(26)19(29)21(10-23,32-12)33-20-18(28)17(27)15(25)13(31-20)9-30-14(24)7-6-11-4-2-1-3-5-11/h1-7,12-13,15-20,22-23,25-29H,8-10H2. The molecule has 2 aliphatic rings. The third-order valence-corrected chi connectivity index (χ3v) is 5.49. The second kappa shape index (κ2) is 11.0. The predicted octanol–water partition coefficient (Wildman–Crippen LogP) is -3.13. The van der Waals surface area contributed by atoms with Crippen molar-refractivity contribution in [1.29, 1.82) is 0 Å². The van der Waals surface area contributed by atoms with Gasteiger partial charge in [0.15, 0.2) is 6.29 Å². The molecule has 0 saturated carbocycles. The smallest absolute Gasteiger partial charge is 0.330 e. The molecule has 0 bridgehead atoms. The van der Waals surface area contributed by atoms with E-state index in [9.17, 15) is 40.5 Å². The zero-order valence-electron chi connectivity index (χ0n) is 17.5. The van der Waals surface area contributed by atoms with Gasteiger partial charge in [-0.1, -0.05) is 30.3 Å². The van der Waals surface area contributed by atoms with Gasteiger partial charge in [-0.3, -0.25) is 0 Å². The van der Waals surface area contributed by atoms with Crippen molar-refractivity contribution in [3.8, 4) is 0 Å². The van der Waals surface area contributed by atoms with Gasteiger partial charge in [0.1, 0.15) is 55.9 Å². The van der Waals surface area contributed by atoms with Gasteiger partial charge in [-0.05, 0) is 11.6 Å². The van der Waals surface area contributed by atoms with Crippen molar-refractivity contribution >= 4 is 12.0 Å². The van der Waals surface area contributed by atoms with Crippen molar-refractivity contribution in [2.24, 2.45) is 0 Å². The Morgan fingerprint density at radius 2 is 1.67 bits per heavy atom. The summed E-state index contributed by atoms with van der Waals surface area (Å²) < 4.78 is 21.1. The molecule has 2 aliphatic heterocycles. The van der Waals surface area contributed by atoms with Crippen molar-refractivity contribution in [2.45, 2.75) is 54.8 Å². The van der Waals surface area contributed by atoms with E-state index < -0.39 is 80.6 Å². The molecule has 12 heteroatoms. The SMILES string of the molecule is O=C(C=Cc1ccccc1)OCC1OC(OC2(CO)OC(CO)C(O)C2O)C(O)C(O)C1O. The highest BCUT2D eigenvalue weighted by Gasteiger charge is 2.58. The number of carbonyl (C=O) groups excluding carboxylic acids is 1. The fourth-order valence-electron chi connectivity index (χ4n) is 3.56. The fraction of sp³-hybridized carbons (Fsp3) is 0.571. The van der Waals surface area contributed by atoms with Gasteiger partial charge in [0, 0.05) is 6.08 Å². The number of esters is 1. The largest absolute Gasteiger partial charge is 0.460 e. The van der Waals surface area contributed by atoms with Crippen LogP contribution in [0.25, 0.3) is 6.08 Å². The van der Waals surface area contributed by atoms with Gasteiger partial charge in [-0.2, -0.15) is 0 Å². The third kappa shape index (κ3) is 5.58. The first-order valence-electron chi connectivity index (χ1n) is 10.3. The molecule has 1 aromatic carbocycles. The van der Waals surface area contributed by atoms with Gasteiger partial charge in [0.25, 0.3) is 0 Å². The topological polar surface area (TPSA) is 196 Å². The number of benzene rings is 1. The summed E-state index contributed by atoms with van der Waals surface area (Å²) in [6.45, 7) is -2.23. The Morgan fingerprint density at radius 1 is 0.970 bits per heavy atom. The Kier molecular flexibility index (Phi) is 8.53. The van der Waals surface area contributed by atoms with Gasteiger partial charge in [-0.25, -0.2) is 4.79 Å². The summed E-state index contributed by atoms with van der Waals surface area (Å²) in [5.41, 5.74) is 0.753. The molecular formula is C21H28O12. The minimum Gasteiger partial charge on any atom is -0.460 e. The Balaban J connectivity index is 1.64. The van der Waals surface area contributed by atoms with E-state index in [1.807, 2.05) is 6.07 Å². The molecule has 0 spiro atoms. The van der Waals surface area contributed by atoms with Crippen LogP contribution in [0.1, 0.15) is 5.56 Å². The summed E-state index contributed by atoms with van der Waals surface area (Å²) >= 11 is 0. The first-order chi connectivity index (χ1) is 15.7. The van der Waals surface area contributed by atoms with E-state index in [1.165, 1.54) is 6.08 Å². The molecule has 1 aromatic rings. The molecule has 184 valence electrons. The molecule has 2 saturated heterocycles. The van der Waals surface area contributed by atoms with E-state index in [2.05, 4.69) is 0 Å². The number of aliphatic hydroxyl groups excluding tert-OH is 7. The van der Waals surface area contributed by atoms with Gasteiger partial charge in [-0.15, -0.1) is 0 Å². The van der Waals surface area contributed by atoms with E-state index >= 15 is 0 Å². The van der Waals surface area contributed by atoms with Crippen molar-refractivity contribution < 1.29 is 59.5 Å². The van der Waals surface area contributed by atoms with Crippen LogP contribution in [0, 0.1) is 0 Å². The van der Waals surface area contributed by atoms with Crippen LogP contribution in [0.4, 0.5) is 0 Å². The monoisotopic (exact) mass is 472 g/mol. The highest BCUT2D eigenvalue weighted by molar-refractivity contribution is 5.87. The zero-order valence-corrected chi connectivity index (χ0v) is 17.5. The van der Waals surface area contributed by atoms with Crippen LogP contribution >= 0.6 is 0 Å². The van der Waals surface area contributed by atoms with E-state index in [4.69, 9.17) is 18.9 Å². The third-order valence-electron chi connectivity index (χ3n) is 5.49. The van der Waals surface area contributed by atoms with Crippen LogP contribution < -0.4 is 0 Å². The molecule has 12 nitrogen and oxygen atoms in total. The quantitative estimate of drug-likeness (QED) is 0.149. The Labute approximate surface area is 188 Å². The van der Waals surface area contributed by atoms with Crippen LogP contribution in [0.15, 0.2) is 36.4 Å². The number of carbonyl (C=O) groups is 1. The van der Waals surface area contributed by atoms with Crippen LogP contribution in [0.2, 0.25) is 0 Å². The highest BCUT2D eigenvalue weighted by atomic mass is 16.8. The minimum atomic E-state index is -2.29. The Morgan fingerprint density at radius 3 is 2.27 bits per heavy atom. The molecule has 33 heavy (non-hydrogen) atoms. The van der Waals surface area contributed by atoms with Crippen LogP contribution in [0.3, 0.4) is 0 Å². The second-order valence-corrected chi connectivity index (χ2v) is 7.75. The van der Waals surface area contributed by atoms with E-state index in [0.29, 0.717) is 0 Å². The number of hydrogen-bond acceptors (Lipinski definition) is 12. The number of ether oxygens (including phenoxy) is 4. The Bertz CT molecular complexity index is 804. The molecule has 3 rings (SSSR count). The van der Waals surface area contributed by atoms with Gasteiger partial charge in [0.05, 0.1) is 6.61 Å². The van der Waals surface area contributed by atoms with Crippen molar-refractivity contribution in [2.75, 3.05) is 19.8 Å². The van der Waals surface area contributed by atoms with Gasteiger partial charge >= 0.3 is 5.97 Å². The summed E-state index contributed by atoms with van der Waals surface area (Å²) in [5, 5.41) is 69.8. The molecule has 0 radical (unpaired) electrons. The van der Waals surface area contributed by atoms with Crippen LogP contribution in [0.5, 0.6) is 0 Å². The van der Waals surface area contributed by atoms with Crippen LogP contribution in [-0.4, -0.2) is 116 Å². The summed E-state index contributed by atoms with van der Waals surface area (Å²) in [4.78, 5) is 12.0. The molecule has 0 aromatic heterocycles. The molecule has 2 heterocycles. The Hall–Kier alpha value is -1.97. The summed E-state index contributed by atoms with van der Waals surface area (Å²) in [6.07, 6.45) is -10.5. The molecule has 7 N–H and O–H groups in total. The van der Waals surface area contributed by atoms with Crippen molar-refractivity contribution in [3.05, 3.63) is 42.0 Å². The molecule has 0 aliphatic carbocycles. The minimum absolute atomic E-state index is 0.528. The lowest BCUT2D eigenvalue weighted by atomic mass is 9.99. The maximum Gasteiger partial charge on any atom is 0.330 e. The maximum absolute atomic E-state index is 12.0. The highest BCUT2D eigenvalue weighted by Crippen LogP contribution is 2.36. The van der Waals surface area contributed by atoms with Gasteiger partial charge in [0.2, 0.25) is 5.79 Å². The molecular weight excluding hydrogens is 444 g/mol. The van der Waals surface area contributed by atoms with Crippen molar-refractivity contribution in [1.82, 2.24) is 0 Å². The average Bonchev–Trinajstić information content (AvgIpc) is 3.07. The average molecular weight is 472 g/mol. The summed E-state index contributed by atoms with van der Waals surface area (Å²) in [6, 6.07) is 8.93. The second-order valence-electron chi connectivity index (χ2n) is 7.75. The maximum atomic E-state index is 12.0. The lowest BCUT2D eigenvalue weighted by molar-refractivity contribution is -0.383. The predicted molar refractivity (Wildman–Crippen MR) is 108 cm³/mol. The lowest BCUT2D eigenvalue weighted by Gasteiger charge is -2.43. The van der Waals surface area contributed by atoms with Crippen molar-refractivity contribution in [3.63, 3.8) is 0 Å². The van der Waals surface area contributed by atoms with E-state index in [-0.39, 0.29) is 0 Å². The van der Waals surface area contributed by atoms with Gasteiger partial charge < -0.3 is 54.7 Å². The van der Waals surface area contributed by atoms with Crippen LogP contribution in [-0.2, 0) is 23.7 Å². The number of rotatable bonds is 8. The van der Waals surface area contributed by atoms with E-state index in [1.54, 1.807) is 24.3 Å². The molecule has 0 amide bonds. The molecule has 2 fully saturated rings. The molecule has 9 unspecified atom stereocenters. The number of hydrogen-bond donors (Lipinski definition) is 7. The lowest BCUT2D eigenvalue weighted by Crippen LogP contribution is -2.62. The van der Waals surface area contributed by atoms with E-state index in [0.717, 1.165) is 11.6 Å². The first-order valence-corrected chi connectivity index (χ1v) is 10.3. The number of aliphatic hydroxyl groups is 7. The fourth-order valence-corrected chi connectivity index (χ4v) is 3.56.